The van der Waals surface area contributed by atoms with Gasteiger partial charge in [-0.2, -0.15) is 0 Å². The topological polar surface area (TPSA) is 75.0 Å². The summed E-state index contributed by atoms with van der Waals surface area (Å²) in [6.45, 7) is 1.67. The predicted molar refractivity (Wildman–Crippen MR) is 63.2 cm³/mol. The molecule has 1 aromatic heterocycles. The average Bonchev–Trinajstić information content (AvgIpc) is 2.73. The number of aromatic amines is 1. The first-order chi connectivity index (χ1) is 7.59. The normalized spacial score (nSPS) is 12.7. The molecule has 1 unspecified atom stereocenters. The number of carbonyl (C=O) groups excluding carboxylic acids is 1. The molecule has 16 heavy (non-hydrogen) atoms. The number of carbonyl (C=O) groups is 1. The number of nitrogens with zero attached hydrogens (tertiary/aromatic N) is 2. The molecule has 84 valence electrons. The van der Waals surface area contributed by atoms with Crippen molar-refractivity contribution < 1.29 is 4.79 Å². The van der Waals surface area contributed by atoms with Crippen molar-refractivity contribution in [2.75, 3.05) is 11.9 Å². The molecule has 2 rings (SSSR count). The quantitative estimate of drug-likeness (QED) is 0.785. The van der Waals surface area contributed by atoms with Gasteiger partial charge in [0.2, 0.25) is 5.91 Å². The Morgan fingerprint density at radius 2 is 2.31 bits per heavy atom. The molecule has 1 atom stereocenters. The monoisotopic (exact) mass is 218 g/mol. The second-order valence-corrected chi connectivity index (χ2v) is 3.79. The first kappa shape index (κ1) is 10.6. The Bertz CT molecular complexity index is 517. The van der Waals surface area contributed by atoms with Gasteiger partial charge in [0.25, 0.3) is 0 Å². The molecular formula is C11H14N4O. The molecule has 0 bridgehead atoms. The van der Waals surface area contributed by atoms with E-state index in [1.54, 1.807) is 25.2 Å². The lowest BCUT2D eigenvalue weighted by atomic mass is 10.2. The summed E-state index contributed by atoms with van der Waals surface area (Å²) in [7, 11) is 1.71. The van der Waals surface area contributed by atoms with Gasteiger partial charge >= 0.3 is 0 Å². The number of aromatic nitrogens is 2. The Balaban J connectivity index is 2.35. The highest BCUT2D eigenvalue weighted by Gasteiger charge is 2.15. The fraction of sp³-hybridized carbons (Fsp3) is 0.273. The SMILES string of the molecule is CC(N)C(=O)N(C)c1ccc2nc[nH]c2c1. The van der Waals surface area contributed by atoms with Crippen LogP contribution in [0.5, 0.6) is 0 Å². The fourth-order valence-corrected chi connectivity index (χ4v) is 1.56. The molecule has 0 spiro atoms. The van der Waals surface area contributed by atoms with E-state index in [9.17, 15) is 4.79 Å². The Labute approximate surface area is 93.3 Å². The van der Waals surface area contributed by atoms with Crippen molar-refractivity contribution in [2.24, 2.45) is 5.73 Å². The summed E-state index contributed by atoms with van der Waals surface area (Å²) >= 11 is 0. The highest BCUT2D eigenvalue weighted by Crippen LogP contribution is 2.19. The van der Waals surface area contributed by atoms with Gasteiger partial charge in [-0.15, -0.1) is 0 Å². The van der Waals surface area contributed by atoms with Crippen LogP contribution in [0.2, 0.25) is 0 Å². The maximum atomic E-state index is 11.7. The maximum Gasteiger partial charge on any atom is 0.243 e. The van der Waals surface area contributed by atoms with Gasteiger partial charge in [0.1, 0.15) is 0 Å². The number of H-pyrrole nitrogens is 1. The van der Waals surface area contributed by atoms with Gasteiger partial charge in [-0.3, -0.25) is 4.79 Å². The largest absolute Gasteiger partial charge is 0.345 e. The van der Waals surface area contributed by atoms with E-state index in [0.717, 1.165) is 16.7 Å². The summed E-state index contributed by atoms with van der Waals surface area (Å²) in [6, 6.07) is 5.10. The molecule has 1 heterocycles. The van der Waals surface area contributed by atoms with Crippen molar-refractivity contribution in [1.29, 1.82) is 0 Å². The minimum Gasteiger partial charge on any atom is -0.345 e. The van der Waals surface area contributed by atoms with Crippen molar-refractivity contribution >= 4 is 22.6 Å². The third-order valence-electron chi connectivity index (χ3n) is 2.51. The Morgan fingerprint density at radius 1 is 1.56 bits per heavy atom. The third-order valence-corrected chi connectivity index (χ3v) is 2.51. The number of anilines is 1. The number of fused-ring (bicyclic) bond motifs is 1. The summed E-state index contributed by atoms with van der Waals surface area (Å²) < 4.78 is 0. The summed E-state index contributed by atoms with van der Waals surface area (Å²) in [5, 5.41) is 0. The lowest BCUT2D eigenvalue weighted by Crippen LogP contribution is -2.39. The zero-order valence-corrected chi connectivity index (χ0v) is 9.27. The molecule has 0 aliphatic rings. The molecule has 0 radical (unpaired) electrons. The number of nitrogens with two attached hydrogens (primary N) is 1. The first-order valence-electron chi connectivity index (χ1n) is 5.06. The van der Waals surface area contributed by atoms with Crippen LogP contribution in [0, 0.1) is 0 Å². The molecule has 0 saturated heterocycles. The fourth-order valence-electron chi connectivity index (χ4n) is 1.56. The van der Waals surface area contributed by atoms with E-state index in [2.05, 4.69) is 9.97 Å². The van der Waals surface area contributed by atoms with E-state index in [4.69, 9.17) is 5.73 Å². The number of hydrogen-bond donors (Lipinski definition) is 2. The van der Waals surface area contributed by atoms with E-state index >= 15 is 0 Å². The highest BCUT2D eigenvalue weighted by molar-refractivity contribution is 5.97. The molecular weight excluding hydrogens is 204 g/mol. The lowest BCUT2D eigenvalue weighted by Gasteiger charge is -2.19. The second kappa shape index (κ2) is 3.94. The number of imidazole rings is 1. The molecule has 5 heteroatoms. The van der Waals surface area contributed by atoms with Crippen molar-refractivity contribution in [2.45, 2.75) is 13.0 Å². The molecule has 0 fully saturated rings. The summed E-state index contributed by atoms with van der Waals surface area (Å²) in [5.41, 5.74) is 8.14. The minimum absolute atomic E-state index is 0.112. The Kier molecular flexibility index (Phi) is 2.62. The number of hydrogen-bond acceptors (Lipinski definition) is 3. The summed E-state index contributed by atoms with van der Waals surface area (Å²) in [5.74, 6) is -0.112. The number of likely N-dealkylation sites (N-methyl/N-ethyl adjacent to an activating group) is 1. The first-order valence-corrected chi connectivity index (χ1v) is 5.06. The zero-order chi connectivity index (χ0) is 11.7. The Hall–Kier alpha value is -1.88. The lowest BCUT2D eigenvalue weighted by molar-refractivity contribution is -0.119. The molecule has 0 aliphatic carbocycles. The van der Waals surface area contributed by atoms with Crippen LogP contribution in [0.3, 0.4) is 0 Å². The number of amides is 1. The van der Waals surface area contributed by atoms with Crippen LogP contribution < -0.4 is 10.6 Å². The van der Waals surface area contributed by atoms with Gasteiger partial charge in [0, 0.05) is 12.7 Å². The standard InChI is InChI=1S/C11H14N4O/c1-7(12)11(16)15(2)8-3-4-9-10(5-8)14-6-13-9/h3-7H,12H2,1-2H3,(H,13,14). The maximum absolute atomic E-state index is 11.7. The van der Waals surface area contributed by atoms with Crippen molar-refractivity contribution in [1.82, 2.24) is 9.97 Å². The summed E-state index contributed by atoms with van der Waals surface area (Å²) in [6.07, 6.45) is 1.63. The van der Waals surface area contributed by atoms with E-state index in [1.165, 1.54) is 0 Å². The van der Waals surface area contributed by atoms with Gasteiger partial charge in [-0.05, 0) is 25.1 Å². The minimum atomic E-state index is -0.498. The van der Waals surface area contributed by atoms with Crippen LogP contribution in [0.1, 0.15) is 6.92 Å². The molecule has 5 nitrogen and oxygen atoms in total. The molecule has 0 aliphatic heterocycles. The molecule has 1 aromatic carbocycles. The Morgan fingerprint density at radius 3 is 3.00 bits per heavy atom. The highest BCUT2D eigenvalue weighted by atomic mass is 16.2. The van der Waals surface area contributed by atoms with E-state index in [0.29, 0.717) is 0 Å². The number of rotatable bonds is 2. The van der Waals surface area contributed by atoms with Crippen LogP contribution in [0.15, 0.2) is 24.5 Å². The van der Waals surface area contributed by atoms with Crippen LogP contribution in [-0.2, 0) is 4.79 Å². The van der Waals surface area contributed by atoms with Crippen molar-refractivity contribution in [3.05, 3.63) is 24.5 Å². The van der Waals surface area contributed by atoms with Gasteiger partial charge in [0.05, 0.1) is 23.4 Å². The smallest absolute Gasteiger partial charge is 0.243 e. The van der Waals surface area contributed by atoms with Gasteiger partial charge < -0.3 is 15.6 Å². The third kappa shape index (κ3) is 1.77. The van der Waals surface area contributed by atoms with Crippen LogP contribution in [0.25, 0.3) is 11.0 Å². The van der Waals surface area contributed by atoms with Gasteiger partial charge in [-0.1, -0.05) is 0 Å². The summed E-state index contributed by atoms with van der Waals surface area (Å²) in [4.78, 5) is 20.4. The molecule has 2 aromatic rings. The predicted octanol–water partition coefficient (Wildman–Crippen LogP) is 0.873. The van der Waals surface area contributed by atoms with Crippen LogP contribution >= 0.6 is 0 Å². The number of benzene rings is 1. The second-order valence-electron chi connectivity index (χ2n) is 3.79. The average molecular weight is 218 g/mol. The molecule has 1 amide bonds. The number of nitrogens with one attached hydrogen (secondary N) is 1. The van der Waals surface area contributed by atoms with Gasteiger partial charge in [0.15, 0.2) is 0 Å². The molecule has 0 saturated carbocycles. The van der Waals surface area contributed by atoms with E-state index in [1.807, 2.05) is 18.2 Å². The zero-order valence-electron chi connectivity index (χ0n) is 9.27. The van der Waals surface area contributed by atoms with Gasteiger partial charge in [-0.25, -0.2) is 4.98 Å². The molecule has 3 N–H and O–H groups in total. The van der Waals surface area contributed by atoms with Crippen molar-refractivity contribution in [3.63, 3.8) is 0 Å². The van der Waals surface area contributed by atoms with Crippen LogP contribution in [-0.4, -0.2) is 29.0 Å². The van der Waals surface area contributed by atoms with Crippen molar-refractivity contribution in [3.8, 4) is 0 Å². The van der Waals surface area contributed by atoms with E-state index in [-0.39, 0.29) is 5.91 Å². The van der Waals surface area contributed by atoms with Crippen LogP contribution in [0.4, 0.5) is 5.69 Å². The van der Waals surface area contributed by atoms with E-state index < -0.39 is 6.04 Å².